The van der Waals surface area contributed by atoms with Crippen molar-refractivity contribution in [2.75, 3.05) is 0 Å². The lowest BCUT2D eigenvalue weighted by atomic mass is 9.64. The average Bonchev–Trinajstić information content (AvgIpc) is 3.18. The van der Waals surface area contributed by atoms with Crippen molar-refractivity contribution in [3.8, 4) is 23.0 Å². The first-order valence-electron chi connectivity index (χ1n) is 12.7. The van der Waals surface area contributed by atoms with E-state index in [4.69, 9.17) is 0 Å². The lowest BCUT2D eigenvalue weighted by Crippen LogP contribution is -2.34. The first-order valence-corrected chi connectivity index (χ1v) is 12.7. The number of benzene rings is 2. The van der Waals surface area contributed by atoms with Gasteiger partial charge >= 0.3 is 0 Å². The molecule has 0 saturated heterocycles. The van der Waals surface area contributed by atoms with Gasteiger partial charge in [-0.15, -0.1) is 0 Å². The van der Waals surface area contributed by atoms with Gasteiger partial charge in [0, 0.05) is 33.9 Å². The van der Waals surface area contributed by atoms with Crippen molar-refractivity contribution < 1.29 is 20.4 Å². The molecule has 0 heterocycles. The molecule has 0 bridgehead atoms. The van der Waals surface area contributed by atoms with Gasteiger partial charge in [-0.2, -0.15) is 0 Å². The van der Waals surface area contributed by atoms with Crippen molar-refractivity contribution in [3.63, 3.8) is 0 Å². The highest BCUT2D eigenvalue weighted by atomic mass is 16.3. The standard InChI is InChI=1S/C30H42O4/c1-18-14-21(29(6)12-8-10-27(29,2)3)26(34)24(32)20(18)15-19-16-22(25(33)23(31)17-19)30(7)13-9-11-28(30,4)5/h14,16-17,31-34H,8-13,15H2,1-7H3/t29-,30-/m1/s1. The molecule has 2 saturated carbocycles. The highest BCUT2D eigenvalue weighted by Crippen LogP contribution is 2.58. The summed E-state index contributed by atoms with van der Waals surface area (Å²) in [6, 6.07) is 5.60. The van der Waals surface area contributed by atoms with Crippen LogP contribution in [0.15, 0.2) is 18.2 Å². The van der Waals surface area contributed by atoms with Crippen molar-refractivity contribution >= 4 is 0 Å². The van der Waals surface area contributed by atoms with E-state index in [2.05, 4.69) is 41.5 Å². The second-order valence-corrected chi connectivity index (χ2v) is 12.7. The van der Waals surface area contributed by atoms with Gasteiger partial charge in [-0.3, -0.25) is 0 Å². The van der Waals surface area contributed by atoms with Crippen LogP contribution in [0.1, 0.15) is 108 Å². The molecule has 0 aliphatic heterocycles. The second-order valence-electron chi connectivity index (χ2n) is 12.7. The molecular formula is C30H42O4. The van der Waals surface area contributed by atoms with Crippen LogP contribution in [0.25, 0.3) is 0 Å². The van der Waals surface area contributed by atoms with Gasteiger partial charge in [0.25, 0.3) is 0 Å². The molecule has 186 valence electrons. The van der Waals surface area contributed by atoms with Crippen LogP contribution in [0.4, 0.5) is 0 Å². The Morgan fingerprint density at radius 1 is 0.647 bits per heavy atom. The van der Waals surface area contributed by atoms with Gasteiger partial charge in [-0.05, 0) is 60.6 Å². The molecule has 2 atom stereocenters. The Balaban J connectivity index is 1.77. The van der Waals surface area contributed by atoms with E-state index < -0.39 is 0 Å². The minimum atomic E-state index is -0.254. The summed E-state index contributed by atoms with van der Waals surface area (Å²) in [6.07, 6.45) is 6.64. The molecule has 2 aliphatic carbocycles. The minimum absolute atomic E-state index is 0.00293. The Labute approximate surface area is 204 Å². The maximum atomic E-state index is 11.1. The zero-order chi connectivity index (χ0) is 25.3. The first-order chi connectivity index (χ1) is 15.6. The SMILES string of the molecule is Cc1cc([C@@]2(C)CCCC2(C)C)c(O)c(O)c1Cc1cc(O)c(O)c([C@@]2(C)CCCC2(C)C)c1. The average molecular weight is 467 g/mol. The van der Waals surface area contributed by atoms with Crippen molar-refractivity contribution in [3.05, 3.63) is 46.0 Å². The molecule has 0 aromatic heterocycles. The molecule has 0 spiro atoms. The minimum Gasteiger partial charge on any atom is -0.504 e. The second kappa shape index (κ2) is 7.83. The van der Waals surface area contributed by atoms with Crippen molar-refractivity contribution in [1.29, 1.82) is 0 Å². The molecule has 0 unspecified atom stereocenters. The van der Waals surface area contributed by atoms with Crippen LogP contribution < -0.4 is 0 Å². The van der Waals surface area contributed by atoms with E-state index in [0.717, 1.165) is 60.8 Å². The summed E-state index contributed by atoms with van der Waals surface area (Å²) in [4.78, 5) is 0. The topological polar surface area (TPSA) is 80.9 Å². The number of rotatable bonds is 4. The molecule has 4 nitrogen and oxygen atoms in total. The summed E-state index contributed by atoms with van der Waals surface area (Å²) in [7, 11) is 0. The third-order valence-corrected chi connectivity index (χ3v) is 10.3. The summed E-state index contributed by atoms with van der Waals surface area (Å²) < 4.78 is 0. The lowest BCUT2D eigenvalue weighted by Gasteiger charge is -2.40. The van der Waals surface area contributed by atoms with Crippen LogP contribution >= 0.6 is 0 Å². The van der Waals surface area contributed by atoms with Gasteiger partial charge in [-0.1, -0.05) is 66.5 Å². The van der Waals surface area contributed by atoms with E-state index >= 15 is 0 Å². The zero-order valence-corrected chi connectivity index (χ0v) is 22.0. The van der Waals surface area contributed by atoms with E-state index in [-0.39, 0.29) is 44.7 Å². The fourth-order valence-corrected chi connectivity index (χ4v) is 6.87. The molecule has 2 aromatic carbocycles. The highest BCUT2D eigenvalue weighted by Gasteiger charge is 2.49. The Bertz CT molecular complexity index is 1130. The summed E-state index contributed by atoms with van der Waals surface area (Å²) in [5.74, 6) is -0.267. The maximum absolute atomic E-state index is 11.1. The fraction of sp³-hybridized carbons (Fsp3) is 0.600. The molecule has 4 rings (SSSR count). The Kier molecular flexibility index (Phi) is 5.70. The highest BCUT2D eigenvalue weighted by molar-refractivity contribution is 5.59. The summed E-state index contributed by atoms with van der Waals surface area (Å²) >= 11 is 0. The summed E-state index contributed by atoms with van der Waals surface area (Å²) in [5, 5.41) is 43.7. The van der Waals surface area contributed by atoms with Gasteiger partial charge in [0.1, 0.15) is 0 Å². The smallest absolute Gasteiger partial charge is 0.161 e. The van der Waals surface area contributed by atoms with Crippen LogP contribution in [0.3, 0.4) is 0 Å². The van der Waals surface area contributed by atoms with E-state index in [1.807, 2.05) is 19.1 Å². The number of phenolic OH excluding ortho intramolecular Hbond substituents is 4. The summed E-state index contributed by atoms with van der Waals surface area (Å²) in [6.45, 7) is 15.3. The maximum Gasteiger partial charge on any atom is 0.161 e. The first kappa shape index (κ1) is 24.8. The third kappa shape index (κ3) is 3.48. The van der Waals surface area contributed by atoms with Crippen molar-refractivity contribution in [1.82, 2.24) is 0 Å². The monoisotopic (exact) mass is 466 g/mol. The molecule has 0 radical (unpaired) electrons. The van der Waals surface area contributed by atoms with Crippen LogP contribution in [0.2, 0.25) is 0 Å². The molecule has 4 heteroatoms. The number of hydrogen-bond acceptors (Lipinski definition) is 4. The molecule has 4 N–H and O–H groups in total. The molecule has 2 fully saturated rings. The predicted octanol–water partition coefficient (Wildman–Crippen LogP) is 7.34. The van der Waals surface area contributed by atoms with E-state index in [1.165, 1.54) is 0 Å². The van der Waals surface area contributed by atoms with Gasteiger partial charge in [0.05, 0.1) is 0 Å². The number of aryl methyl sites for hydroxylation is 1. The fourth-order valence-electron chi connectivity index (χ4n) is 6.87. The largest absolute Gasteiger partial charge is 0.504 e. The molecular weight excluding hydrogens is 424 g/mol. The Morgan fingerprint density at radius 2 is 1.15 bits per heavy atom. The third-order valence-electron chi connectivity index (χ3n) is 10.3. The zero-order valence-electron chi connectivity index (χ0n) is 22.0. The molecule has 34 heavy (non-hydrogen) atoms. The number of phenols is 4. The quantitative estimate of drug-likeness (QED) is 0.355. The van der Waals surface area contributed by atoms with E-state index in [0.29, 0.717) is 12.0 Å². The van der Waals surface area contributed by atoms with E-state index in [1.54, 1.807) is 6.07 Å². The molecule has 0 amide bonds. The Morgan fingerprint density at radius 3 is 1.62 bits per heavy atom. The Hall–Kier alpha value is -2.36. The lowest BCUT2D eigenvalue weighted by molar-refractivity contribution is 0.217. The van der Waals surface area contributed by atoms with Crippen LogP contribution in [-0.4, -0.2) is 20.4 Å². The van der Waals surface area contributed by atoms with Gasteiger partial charge in [0.2, 0.25) is 0 Å². The number of hydrogen-bond donors (Lipinski definition) is 4. The molecule has 2 aliphatic rings. The van der Waals surface area contributed by atoms with Gasteiger partial charge in [-0.25, -0.2) is 0 Å². The van der Waals surface area contributed by atoms with Crippen LogP contribution in [-0.2, 0) is 17.3 Å². The van der Waals surface area contributed by atoms with Gasteiger partial charge in [0.15, 0.2) is 23.0 Å². The van der Waals surface area contributed by atoms with E-state index in [9.17, 15) is 20.4 Å². The number of aromatic hydroxyl groups is 4. The van der Waals surface area contributed by atoms with Crippen LogP contribution in [0.5, 0.6) is 23.0 Å². The normalized spacial score (nSPS) is 27.9. The van der Waals surface area contributed by atoms with Crippen molar-refractivity contribution in [2.45, 2.75) is 104 Å². The van der Waals surface area contributed by atoms with Gasteiger partial charge < -0.3 is 20.4 Å². The molecule has 2 aromatic rings. The van der Waals surface area contributed by atoms with Crippen LogP contribution in [0, 0.1) is 17.8 Å². The predicted molar refractivity (Wildman–Crippen MR) is 137 cm³/mol. The summed E-state index contributed by atoms with van der Waals surface area (Å²) in [5.41, 5.74) is 3.56. The van der Waals surface area contributed by atoms with Crippen molar-refractivity contribution in [2.24, 2.45) is 10.8 Å².